The quantitative estimate of drug-likeness (QED) is 0.625. The zero-order valence-electron chi connectivity index (χ0n) is 20.0. The van der Waals surface area contributed by atoms with Gasteiger partial charge >= 0.3 is 5.97 Å². The molecule has 0 heterocycles. The van der Waals surface area contributed by atoms with Gasteiger partial charge in [0.05, 0.1) is 12.0 Å². The van der Waals surface area contributed by atoms with E-state index in [-0.39, 0.29) is 47.4 Å². The highest BCUT2D eigenvalue weighted by Gasteiger charge is 2.68. The summed E-state index contributed by atoms with van der Waals surface area (Å²) in [4.78, 5) is 37.7. The van der Waals surface area contributed by atoms with Gasteiger partial charge in [0, 0.05) is 11.8 Å². The van der Waals surface area contributed by atoms with Crippen molar-refractivity contribution in [1.29, 1.82) is 0 Å². The van der Waals surface area contributed by atoms with Crippen LogP contribution in [0, 0.1) is 34.5 Å². The van der Waals surface area contributed by atoms with E-state index < -0.39 is 22.9 Å². The van der Waals surface area contributed by atoms with Crippen LogP contribution < -0.4 is 0 Å². The molecular formula is C27H38O6. The average Bonchev–Trinajstić information content (AvgIpc) is 3.39. The lowest BCUT2D eigenvalue weighted by atomic mass is 9.45. The maximum Gasteiger partial charge on any atom is 0.309 e. The summed E-state index contributed by atoms with van der Waals surface area (Å²) >= 11 is 0. The molecule has 6 heteroatoms. The zero-order valence-corrected chi connectivity index (χ0v) is 20.0. The van der Waals surface area contributed by atoms with E-state index in [1.807, 2.05) is 13.0 Å². The van der Waals surface area contributed by atoms with Gasteiger partial charge in [0.2, 0.25) is 5.78 Å². The summed E-state index contributed by atoms with van der Waals surface area (Å²) in [5, 5.41) is 23.2. The lowest BCUT2D eigenvalue weighted by molar-refractivity contribution is -0.185. The van der Waals surface area contributed by atoms with Gasteiger partial charge in [-0.05, 0) is 80.6 Å². The predicted molar refractivity (Wildman–Crippen MR) is 121 cm³/mol. The van der Waals surface area contributed by atoms with E-state index in [0.29, 0.717) is 19.3 Å². The highest BCUT2D eigenvalue weighted by Crippen LogP contribution is 2.67. The van der Waals surface area contributed by atoms with Crippen LogP contribution in [0.2, 0.25) is 0 Å². The van der Waals surface area contributed by atoms with E-state index in [1.165, 1.54) is 5.57 Å². The number of carbonyl (C=O) groups excluding carboxylic acids is 3. The Morgan fingerprint density at radius 1 is 1.09 bits per heavy atom. The summed E-state index contributed by atoms with van der Waals surface area (Å²) in [5.41, 5.74) is -1.35. The highest BCUT2D eigenvalue weighted by atomic mass is 16.5. The second-order valence-electron chi connectivity index (χ2n) is 12.0. The minimum atomic E-state index is -1.58. The van der Waals surface area contributed by atoms with Crippen LogP contribution in [0.25, 0.3) is 0 Å². The fourth-order valence-electron chi connectivity index (χ4n) is 8.69. The molecule has 0 saturated heterocycles. The van der Waals surface area contributed by atoms with E-state index in [4.69, 9.17) is 4.74 Å². The first-order valence-corrected chi connectivity index (χ1v) is 12.9. The molecule has 0 unspecified atom stereocenters. The lowest BCUT2D eigenvalue weighted by Crippen LogP contribution is -2.62. The minimum absolute atomic E-state index is 0.0429. The smallest absolute Gasteiger partial charge is 0.309 e. The number of carbonyl (C=O) groups is 3. The number of Topliss-reactive ketones (excluding diaryl/α,β-unsaturated/α-hetero) is 1. The third kappa shape index (κ3) is 3.38. The number of allylic oxidation sites excluding steroid dienone is 1. The number of hydrogen-bond donors (Lipinski definition) is 2. The SMILES string of the molecule is C[C@]12CCC(=O)C=C1CC[C@@H]1[C@@H]2[C@H](O)C[C@@]2(C)[C@H]1CC[C@]2(O)C(=O)COC(=O)C1CCCC1. The van der Waals surface area contributed by atoms with Gasteiger partial charge in [0.15, 0.2) is 12.4 Å². The molecule has 182 valence electrons. The molecular weight excluding hydrogens is 420 g/mol. The molecule has 0 aromatic heterocycles. The maximum atomic E-state index is 13.3. The highest BCUT2D eigenvalue weighted by molar-refractivity contribution is 5.92. The van der Waals surface area contributed by atoms with Gasteiger partial charge < -0.3 is 14.9 Å². The summed E-state index contributed by atoms with van der Waals surface area (Å²) < 4.78 is 5.37. The molecule has 0 radical (unpaired) electrons. The third-order valence-corrected chi connectivity index (χ3v) is 10.5. The second-order valence-corrected chi connectivity index (χ2v) is 12.0. The molecule has 0 amide bonds. The average molecular weight is 459 g/mol. The summed E-state index contributed by atoms with van der Waals surface area (Å²) in [6.07, 6.45) is 9.26. The molecule has 4 fully saturated rings. The number of ketones is 2. The Morgan fingerprint density at radius 2 is 1.82 bits per heavy atom. The summed E-state index contributed by atoms with van der Waals surface area (Å²) in [6, 6.07) is 0. The molecule has 0 spiro atoms. The topological polar surface area (TPSA) is 101 Å². The number of ether oxygens (including phenoxy) is 1. The molecule has 0 aromatic carbocycles. The Bertz CT molecular complexity index is 887. The predicted octanol–water partition coefficient (Wildman–Crippen LogP) is 3.52. The summed E-state index contributed by atoms with van der Waals surface area (Å²) in [6.45, 7) is 3.77. The van der Waals surface area contributed by atoms with Crippen molar-refractivity contribution in [3.05, 3.63) is 11.6 Å². The van der Waals surface area contributed by atoms with Crippen molar-refractivity contribution in [1.82, 2.24) is 0 Å². The monoisotopic (exact) mass is 458 g/mol. The fraction of sp³-hybridized carbons (Fsp3) is 0.815. The molecule has 0 bridgehead atoms. The number of aliphatic hydroxyl groups is 2. The summed E-state index contributed by atoms with van der Waals surface area (Å²) in [5.74, 6) is -0.303. The Balaban J connectivity index is 1.36. The first-order chi connectivity index (χ1) is 15.6. The molecule has 4 saturated carbocycles. The Kier molecular flexibility index (Phi) is 5.64. The van der Waals surface area contributed by atoms with Crippen molar-refractivity contribution in [2.75, 3.05) is 6.61 Å². The Labute approximate surface area is 196 Å². The van der Waals surface area contributed by atoms with Crippen molar-refractivity contribution < 1.29 is 29.3 Å². The van der Waals surface area contributed by atoms with Crippen molar-refractivity contribution in [2.45, 2.75) is 96.2 Å². The second kappa shape index (κ2) is 8.01. The van der Waals surface area contributed by atoms with Crippen LogP contribution in [0.3, 0.4) is 0 Å². The van der Waals surface area contributed by atoms with E-state index in [1.54, 1.807) is 0 Å². The number of esters is 1. The third-order valence-electron chi connectivity index (χ3n) is 10.5. The van der Waals surface area contributed by atoms with Gasteiger partial charge in [-0.3, -0.25) is 14.4 Å². The fourth-order valence-corrected chi connectivity index (χ4v) is 8.69. The number of rotatable bonds is 4. The van der Waals surface area contributed by atoms with Crippen molar-refractivity contribution in [3.8, 4) is 0 Å². The molecule has 33 heavy (non-hydrogen) atoms. The molecule has 0 aromatic rings. The van der Waals surface area contributed by atoms with E-state index >= 15 is 0 Å². The Hall–Kier alpha value is -1.53. The van der Waals surface area contributed by atoms with E-state index in [9.17, 15) is 24.6 Å². The molecule has 5 rings (SSSR count). The number of hydrogen-bond acceptors (Lipinski definition) is 6. The maximum absolute atomic E-state index is 13.3. The molecule has 0 aliphatic heterocycles. The normalized spacial score (nSPS) is 45.1. The van der Waals surface area contributed by atoms with Crippen LogP contribution in [-0.2, 0) is 19.1 Å². The first-order valence-electron chi connectivity index (χ1n) is 12.9. The minimum Gasteiger partial charge on any atom is -0.457 e. The Morgan fingerprint density at radius 3 is 2.55 bits per heavy atom. The van der Waals surface area contributed by atoms with Gasteiger partial charge in [0.25, 0.3) is 0 Å². The van der Waals surface area contributed by atoms with Gasteiger partial charge in [-0.2, -0.15) is 0 Å². The van der Waals surface area contributed by atoms with Crippen LogP contribution in [0.15, 0.2) is 11.6 Å². The molecule has 5 aliphatic rings. The standard InChI is InChI=1S/C27H38O6/c1-25-11-9-18(28)13-17(25)7-8-19-20-10-12-27(32,26(20,2)14-21(29)23(19)25)22(30)15-33-24(31)16-5-3-4-6-16/h13,16,19-21,23,29,32H,3-12,14-15H2,1-2H3/t19-,20-,21+,23+,25-,26-,27-/m0/s1. The van der Waals surface area contributed by atoms with Crippen LogP contribution in [-0.4, -0.2) is 46.1 Å². The summed E-state index contributed by atoms with van der Waals surface area (Å²) in [7, 11) is 0. The van der Waals surface area contributed by atoms with Crippen molar-refractivity contribution in [3.63, 3.8) is 0 Å². The molecule has 7 atom stereocenters. The van der Waals surface area contributed by atoms with Crippen molar-refractivity contribution in [2.24, 2.45) is 34.5 Å². The molecule has 5 aliphatic carbocycles. The zero-order chi connectivity index (χ0) is 23.6. The van der Waals surface area contributed by atoms with Gasteiger partial charge in [0.1, 0.15) is 5.60 Å². The van der Waals surface area contributed by atoms with Crippen LogP contribution in [0.1, 0.15) is 84.5 Å². The van der Waals surface area contributed by atoms with Gasteiger partial charge in [-0.1, -0.05) is 32.3 Å². The lowest BCUT2D eigenvalue weighted by Gasteiger charge is -2.60. The largest absolute Gasteiger partial charge is 0.457 e. The van der Waals surface area contributed by atoms with E-state index in [2.05, 4.69) is 6.92 Å². The van der Waals surface area contributed by atoms with E-state index in [0.717, 1.165) is 51.4 Å². The van der Waals surface area contributed by atoms with Crippen molar-refractivity contribution >= 4 is 17.5 Å². The van der Waals surface area contributed by atoms with Gasteiger partial charge in [-0.25, -0.2) is 0 Å². The van der Waals surface area contributed by atoms with Crippen LogP contribution in [0.4, 0.5) is 0 Å². The van der Waals surface area contributed by atoms with Crippen LogP contribution >= 0.6 is 0 Å². The molecule has 6 nitrogen and oxygen atoms in total. The molecule has 2 N–H and O–H groups in total. The number of aliphatic hydroxyl groups excluding tert-OH is 1. The number of fused-ring (bicyclic) bond motifs is 5. The first kappa shape index (κ1) is 23.2. The van der Waals surface area contributed by atoms with Gasteiger partial charge in [-0.15, -0.1) is 0 Å². The van der Waals surface area contributed by atoms with Crippen LogP contribution in [0.5, 0.6) is 0 Å².